The van der Waals surface area contributed by atoms with Crippen LogP contribution < -0.4 is 10.6 Å². The number of urea groups is 1. The SMILES string of the molecule is CN(C(=O)CN1C(=O)NC2(CCCCC2)C1=O)C1CCNC1. The number of carbonyl (C=O) groups excluding carboxylic acids is 3. The molecule has 2 aliphatic heterocycles. The number of likely N-dealkylation sites (N-methyl/N-ethyl adjacent to an activating group) is 1. The molecule has 3 aliphatic rings. The maximum absolute atomic E-state index is 12.6. The van der Waals surface area contributed by atoms with Gasteiger partial charge in [0, 0.05) is 19.6 Å². The van der Waals surface area contributed by atoms with Crippen molar-refractivity contribution in [1.82, 2.24) is 20.4 Å². The van der Waals surface area contributed by atoms with E-state index in [4.69, 9.17) is 0 Å². The van der Waals surface area contributed by atoms with Crippen LogP contribution in [0.5, 0.6) is 0 Å². The zero-order valence-corrected chi connectivity index (χ0v) is 13.1. The van der Waals surface area contributed by atoms with Crippen molar-refractivity contribution in [3.8, 4) is 0 Å². The molecular formula is C15H24N4O3. The number of nitrogens with one attached hydrogen (secondary N) is 2. The molecule has 0 radical (unpaired) electrons. The van der Waals surface area contributed by atoms with E-state index in [1.165, 1.54) is 0 Å². The molecule has 1 saturated carbocycles. The fourth-order valence-corrected chi connectivity index (χ4v) is 3.73. The Morgan fingerprint density at radius 1 is 1.32 bits per heavy atom. The van der Waals surface area contributed by atoms with E-state index in [1.807, 2.05) is 0 Å². The second-order valence-electron chi connectivity index (χ2n) is 6.62. The lowest BCUT2D eigenvalue weighted by Crippen LogP contribution is -2.49. The summed E-state index contributed by atoms with van der Waals surface area (Å²) in [5, 5.41) is 6.05. The highest BCUT2D eigenvalue weighted by molar-refractivity contribution is 6.09. The van der Waals surface area contributed by atoms with Crippen LogP contribution in [0.2, 0.25) is 0 Å². The number of rotatable bonds is 3. The molecule has 122 valence electrons. The van der Waals surface area contributed by atoms with Crippen LogP contribution in [0.3, 0.4) is 0 Å². The summed E-state index contributed by atoms with van der Waals surface area (Å²) in [5.74, 6) is -0.395. The summed E-state index contributed by atoms with van der Waals surface area (Å²) >= 11 is 0. The second-order valence-corrected chi connectivity index (χ2v) is 6.62. The summed E-state index contributed by atoms with van der Waals surface area (Å²) in [7, 11) is 1.74. The Hall–Kier alpha value is -1.63. The van der Waals surface area contributed by atoms with Gasteiger partial charge in [0.05, 0.1) is 0 Å². The van der Waals surface area contributed by atoms with Crippen LogP contribution in [0.25, 0.3) is 0 Å². The van der Waals surface area contributed by atoms with Crippen molar-refractivity contribution in [3.05, 3.63) is 0 Å². The zero-order valence-electron chi connectivity index (χ0n) is 13.1. The van der Waals surface area contributed by atoms with E-state index in [1.54, 1.807) is 11.9 Å². The highest BCUT2D eigenvalue weighted by Crippen LogP contribution is 2.33. The number of hydrogen-bond acceptors (Lipinski definition) is 4. The minimum atomic E-state index is -0.747. The van der Waals surface area contributed by atoms with Gasteiger partial charge in [0.1, 0.15) is 12.1 Å². The predicted octanol–water partition coefficient (Wildman–Crippen LogP) is 0.0614. The topological polar surface area (TPSA) is 81.8 Å². The van der Waals surface area contributed by atoms with Gasteiger partial charge in [-0.15, -0.1) is 0 Å². The number of amides is 4. The summed E-state index contributed by atoms with van der Waals surface area (Å²) in [4.78, 5) is 39.9. The molecule has 7 heteroatoms. The third-order valence-electron chi connectivity index (χ3n) is 5.22. The normalized spacial score (nSPS) is 27.3. The first-order chi connectivity index (χ1) is 10.5. The van der Waals surface area contributed by atoms with Crippen LogP contribution in [-0.2, 0) is 9.59 Å². The molecule has 1 atom stereocenters. The number of nitrogens with zero attached hydrogens (tertiary/aromatic N) is 2. The molecule has 0 aromatic heterocycles. The molecule has 0 aromatic carbocycles. The van der Waals surface area contributed by atoms with Crippen molar-refractivity contribution in [2.75, 3.05) is 26.7 Å². The zero-order chi connectivity index (χ0) is 15.7. The number of hydrogen-bond donors (Lipinski definition) is 2. The van der Waals surface area contributed by atoms with Crippen LogP contribution in [-0.4, -0.2) is 65.9 Å². The Bertz CT molecular complexity index is 481. The van der Waals surface area contributed by atoms with Crippen molar-refractivity contribution in [2.45, 2.75) is 50.1 Å². The van der Waals surface area contributed by atoms with Crippen LogP contribution in [0, 0.1) is 0 Å². The molecule has 7 nitrogen and oxygen atoms in total. The fourth-order valence-electron chi connectivity index (χ4n) is 3.73. The van der Waals surface area contributed by atoms with Gasteiger partial charge in [0.2, 0.25) is 5.91 Å². The maximum atomic E-state index is 12.6. The molecule has 1 spiro atoms. The molecule has 22 heavy (non-hydrogen) atoms. The van der Waals surface area contributed by atoms with Gasteiger partial charge in [-0.1, -0.05) is 19.3 Å². The van der Waals surface area contributed by atoms with E-state index < -0.39 is 11.6 Å². The minimum Gasteiger partial charge on any atom is -0.340 e. The van der Waals surface area contributed by atoms with Gasteiger partial charge in [-0.05, 0) is 25.8 Å². The monoisotopic (exact) mass is 308 g/mol. The van der Waals surface area contributed by atoms with E-state index in [0.29, 0.717) is 12.8 Å². The standard InChI is InChI=1S/C15H24N4O3/c1-18(11-5-8-16-9-11)12(20)10-19-13(21)15(17-14(19)22)6-3-2-4-7-15/h11,16H,2-10H2,1H3,(H,17,22). The lowest BCUT2D eigenvalue weighted by atomic mass is 9.82. The molecule has 1 aliphatic carbocycles. The first-order valence-corrected chi connectivity index (χ1v) is 8.14. The van der Waals surface area contributed by atoms with Crippen LogP contribution in [0.15, 0.2) is 0 Å². The molecule has 2 N–H and O–H groups in total. The van der Waals surface area contributed by atoms with Crippen molar-refractivity contribution < 1.29 is 14.4 Å². The van der Waals surface area contributed by atoms with E-state index in [2.05, 4.69) is 10.6 Å². The first kappa shape index (κ1) is 15.3. The summed E-state index contributed by atoms with van der Waals surface area (Å²) < 4.78 is 0. The van der Waals surface area contributed by atoms with E-state index in [9.17, 15) is 14.4 Å². The van der Waals surface area contributed by atoms with Gasteiger partial charge in [-0.3, -0.25) is 14.5 Å². The Morgan fingerprint density at radius 3 is 2.68 bits per heavy atom. The van der Waals surface area contributed by atoms with Crippen LogP contribution in [0.4, 0.5) is 4.79 Å². The smallest absolute Gasteiger partial charge is 0.325 e. The summed E-state index contributed by atoms with van der Waals surface area (Å²) in [6.45, 7) is 1.51. The van der Waals surface area contributed by atoms with Crippen molar-refractivity contribution in [2.24, 2.45) is 0 Å². The van der Waals surface area contributed by atoms with E-state index >= 15 is 0 Å². The third-order valence-corrected chi connectivity index (χ3v) is 5.22. The lowest BCUT2D eigenvalue weighted by Gasteiger charge is -2.30. The summed E-state index contributed by atoms with van der Waals surface area (Å²) in [6, 6.07) is -0.268. The fraction of sp³-hybridized carbons (Fsp3) is 0.800. The largest absolute Gasteiger partial charge is 0.340 e. The molecule has 2 saturated heterocycles. The van der Waals surface area contributed by atoms with Gasteiger partial charge < -0.3 is 15.5 Å². The Labute approximate surface area is 130 Å². The Morgan fingerprint density at radius 2 is 2.05 bits per heavy atom. The molecule has 0 aromatic rings. The number of carbonyl (C=O) groups is 3. The van der Waals surface area contributed by atoms with Gasteiger partial charge in [0.25, 0.3) is 5.91 Å². The van der Waals surface area contributed by atoms with Crippen LogP contribution >= 0.6 is 0 Å². The average Bonchev–Trinajstić information content (AvgIpc) is 3.11. The second kappa shape index (κ2) is 5.87. The average molecular weight is 308 g/mol. The summed E-state index contributed by atoms with van der Waals surface area (Å²) in [5.41, 5.74) is -0.747. The maximum Gasteiger partial charge on any atom is 0.325 e. The number of imide groups is 1. The van der Waals surface area contributed by atoms with Crippen molar-refractivity contribution in [1.29, 1.82) is 0 Å². The third kappa shape index (κ3) is 2.58. The highest BCUT2D eigenvalue weighted by Gasteiger charge is 2.51. The van der Waals surface area contributed by atoms with E-state index in [0.717, 1.165) is 43.7 Å². The molecule has 2 heterocycles. The Balaban J connectivity index is 1.65. The molecule has 0 bridgehead atoms. The van der Waals surface area contributed by atoms with Gasteiger partial charge in [-0.25, -0.2) is 4.79 Å². The predicted molar refractivity (Wildman–Crippen MR) is 80.1 cm³/mol. The Kier molecular flexibility index (Phi) is 4.08. The summed E-state index contributed by atoms with van der Waals surface area (Å²) in [6.07, 6.45) is 5.27. The van der Waals surface area contributed by atoms with Gasteiger partial charge >= 0.3 is 6.03 Å². The first-order valence-electron chi connectivity index (χ1n) is 8.14. The van der Waals surface area contributed by atoms with Crippen molar-refractivity contribution in [3.63, 3.8) is 0 Å². The van der Waals surface area contributed by atoms with Gasteiger partial charge in [0.15, 0.2) is 0 Å². The molecule has 4 amide bonds. The minimum absolute atomic E-state index is 0.150. The van der Waals surface area contributed by atoms with Gasteiger partial charge in [-0.2, -0.15) is 0 Å². The quantitative estimate of drug-likeness (QED) is 0.723. The molecular weight excluding hydrogens is 284 g/mol. The molecule has 1 unspecified atom stereocenters. The van der Waals surface area contributed by atoms with Crippen molar-refractivity contribution >= 4 is 17.8 Å². The molecule has 3 rings (SSSR count). The lowest BCUT2D eigenvalue weighted by molar-refractivity contribution is -0.139. The van der Waals surface area contributed by atoms with E-state index in [-0.39, 0.29) is 24.4 Å². The van der Waals surface area contributed by atoms with Crippen LogP contribution in [0.1, 0.15) is 38.5 Å². The molecule has 3 fully saturated rings. The highest BCUT2D eigenvalue weighted by atomic mass is 16.2.